The molecular weight excluding hydrogens is 250 g/mol. The summed E-state index contributed by atoms with van der Waals surface area (Å²) in [7, 11) is 0. The lowest BCUT2D eigenvalue weighted by atomic mass is 9.88. The summed E-state index contributed by atoms with van der Waals surface area (Å²) in [6.07, 6.45) is 6.70. The third-order valence-corrected chi connectivity index (χ3v) is 3.92. The van der Waals surface area contributed by atoms with Crippen LogP contribution in [0.2, 0.25) is 0 Å². The summed E-state index contributed by atoms with van der Waals surface area (Å²) in [6.45, 7) is 0. The van der Waals surface area contributed by atoms with Gasteiger partial charge in [0.1, 0.15) is 11.8 Å². The molecule has 4 rings (SSSR count). The molecule has 20 heavy (non-hydrogen) atoms. The molecule has 100 valence electrons. The first-order chi connectivity index (χ1) is 9.92. The van der Waals surface area contributed by atoms with Crippen LogP contribution in [0.4, 0.5) is 5.82 Å². The third-order valence-electron chi connectivity index (χ3n) is 3.92. The lowest BCUT2D eigenvalue weighted by molar-refractivity contribution is 0.590. The van der Waals surface area contributed by atoms with Crippen LogP contribution in [0, 0.1) is 0 Å². The standard InChI is InChI=1S/C16H15N3O/c1-2-6-12-11(4-1)5-3-7-13(12)19-16-15-14(8-9-20-15)17-10-18-16/h1-2,4,6,8-10,13H,3,5,7H2,(H,17,18,19). The van der Waals surface area contributed by atoms with Crippen LogP contribution in [0.15, 0.2) is 47.3 Å². The molecule has 1 aliphatic rings. The molecule has 0 radical (unpaired) electrons. The summed E-state index contributed by atoms with van der Waals surface area (Å²) in [6, 6.07) is 10.8. The molecule has 0 fully saturated rings. The Morgan fingerprint density at radius 1 is 1.15 bits per heavy atom. The van der Waals surface area contributed by atoms with Gasteiger partial charge in [-0.15, -0.1) is 0 Å². The predicted molar refractivity (Wildman–Crippen MR) is 77.5 cm³/mol. The zero-order valence-corrected chi connectivity index (χ0v) is 11.0. The minimum atomic E-state index is 0.295. The van der Waals surface area contributed by atoms with Crippen LogP contribution in [0.3, 0.4) is 0 Å². The molecule has 4 heteroatoms. The average molecular weight is 265 g/mol. The zero-order chi connectivity index (χ0) is 13.4. The van der Waals surface area contributed by atoms with Crippen LogP contribution in [0.25, 0.3) is 11.1 Å². The average Bonchev–Trinajstić information content (AvgIpc) is 2.97. The maximum atomic E-state index is 5.49. The number of hydrogen-bond donors (Lipinski definition) is 1. The highest BCUT2D eigenvalue weighted by molar-refractivity contribution is 5.83. The summed E-state index contributed by atoms with van der Waals surface area (Å²) < 4.78 is 5.49. The normalized spacial score (nSPS) is 17.9. The first-order valence-electron chi connectivity index (χ1n) is 6.94. The molecule has 0 aliphatic heterocycles. The van der Waals surface area contributed by atoms with Gasteiger partial charge in [-0.25, -0.2) is 9.97 Å². The molecule has 1 aromatic carbocycles. The highest BCUT2D eigenvalue weighted by Crippen LogP contribution is 2.33. The Hall–Kier alpha value is -2.36. The van der Waals surface area contributed by atoms with Gasteiger partial charge in [-0.2, -0.15) is 0 Å². The summed E-state index contributed by atoms with van der Waals surface area (Å²) in [4.78, 5) is 8.52. The van der Waals surface area contributed by atoms with E-state index in [2.05, 4.69) is 39.6 Å². The van der Waals surface area contributed by atoms with E-state index < -0.39 is 0 Å². The van der Waals surface area contributed by atoms with Gasteiger partial charge in [0.05, 0.1) is 12.3 Å². The number of hydrogen-bond acceptors (Lipinski definition) is 4. The van der Waals surface area contributed by atoms with E-state index in [9.17, 15) is 0 Å². The number of fused-ring (bicyclic) bond motifs is 2. The van der Waals surface area contributed by atoms with Crippen molar-refractivity contribution in [1.29, 1.82) is 0 Å². The van der Waals surface area contributed by atoms with Crippen molar-refractivity contribution in [3.63, 3.8) is 0 Å². The predicted octanol–water partition coefficient (Wildman–Crippen LogP) is 3.71. The van der Waals surface area contributed by atoms with Gasteiger partial charge < -0.3 is 9.73 Å². The quantitative estimate of drug-likeness (QED) is 0.767. The maximum Gasteiger partial charge on any atom is 0.194 e. The molecule has 2 aromatic heterocycles. The molecule has 2 heterocycles. The van der Waals surface area contributed by atoms with Crippen LogP contribution in [-0.4, -0.2) is 9.97 Å². The molecule has 0 amide bonds. The number of benzene rings is 1. The number of nitrogens with one attached hydrogen (secondary N) is 1. The molecule has 4 nitrogen and oxygen atoms in total. The zero-order valence-electron chi connectivity index (χ0n) is 11.0. The fourth-order valence-corrected chi connectivity index (χ4v) is 2.96. The fourth-order valence-electron chi connectivity index (χ4n) is 2.96. The van der Waals surface area contributed by atoms with Crippen LogP contribution in [-0.2, 0) is 6.42 Å². The third kappa shape index (κ3) is 1.84. The van der Waals surface area contributed by atoms with Crippen LogP contribution >= 0.6 is 0 Å². The summed E-state index contributed by atoms with van der Waals surface area (Å²) in [5.41, 5.74) is 4.38. The van der Waals surface area contributed by atoms with Crippen molar-refractivity contribution in [2.45, 2.75) is 25.3 Å². The summed E-state index contributed by atoms with van der Waals surface area (Å²) in [5.74, 6) is 0.779. The number of anilines is 1. The second-order valence-corrected chi connectivity index (χ2v) is 5.15. The number of nitrogens with zero attached hydrogens (tertiary/aromatic N) is 2. The minimum Gasteiger partial charge on any atom is -0.459 e. The molecule has 1 aliphatic carbocycles. The van der Waals surface area contributed by atoms with Gasteiger partial charge in [-0.05, 0) is 30.4 Å². The van der Waals surface area contributed by atoms with Crippen molar-refractivity contribution in [1.82, 2.24) is 9.97 Å². The fraction of sp³-hybridized carbons (Fsp3) is 0.250. The summed E-state index contributed by atoms with van der Waals surface area (Å²) in [5, 5.41) is 3.52. The Balaban J connectivity index is 1.72. The van der Waals surface area contributed by atoms with E-state index in [4.69, 9.17) is 4.42 Å². The molecule has 0 saturated heterocycles. The lowest BCUT2D eigenvalue weighted by Crippen LogP contribution is -2.18. The number of aromatic nitrogens is 2. The Labute approximate surface area is 116 Å². The molecule has 1 unspecified atom stereocenters. The minimum absolute atomic E-state index is 0.295. The molecule has 0 spiro atoms. The lowest BCUT2D eigenvalue weighted by Gasteiger charge is -2.26. The van der Waals surface area contributed by atoms with Gasteiger partial charge in [0, 0.05) is 6.07 Å². The van der Waals surface area contributed by atoms with Crippen molar-refractivity contribution in [3.8, 4) is 0 Å². The Morgan fingerprint density at radius 3 is 3.10 bits per heavy atom. The van der Waals surface area contributed by atoms with Crippen LogP contribution in [0.1, 0.15) is 30.0 Å². The highest BCUT2D eigenvalue weighted by Gasteiger charge is 2.21. The van der Waals surface area contributed by atoms with Crippen molar-refractivity contribution >= 4 is 16.9 Å². The van der Waals surface area contributed by atoms with Gasteiger partial charge >= 0.3 is 0 Å². The molecular formula is C16H15N3O. The van der Waals surface area contributed by atoms with Gasteiger partial charge in [-0.3, -0.25) is 0 Å². The maximum absolute atomic E-state index is 5.49. The van der Waals surface area contributed by atoms with Crippen molar-refractivity contribution in [2.24, 2.45) is 0 Å². The molecule has 0 saturated carbocycles. The first kappa shape index (κ1) is 11.5. The number of aryl methyl sites for hydroxylation is 1. The van der Waals surface area contributed by atoms with Gasteiger partial charge in [0.2, 0.25) is 0 Å². The van der Waals surface area contributed by atoms with E-state index >= 15 is 0 Å². The molecule has 0 bridgehead atoms. The van der Waals surface area contributed by atoms with Crippen molar-refractivity contribution in [3.05, 3.63) is 54.0 Å². The van der Waals surface area contributed by atoms with Crippen molar-refractivity contribution in [2.75, 3.05) is 5.32 Å². The SMILES string of the molecule is c1ccc2c(c1)CCCC2Nc1ncnc2ccoc12. The van der Waals surface area contributed by atoms with E-state index in [0.29, 0.717) is 6.04 Å². The Kier molecular flexibility index (Phi) is 2.66. The van der Waals surface area contributed by atoms with Gasteiger partial charge in [-0.1, -0.05) is 24.3 Å². The Bertz CT molecular complexity index is 750. The number of rotatable bonds is 2. The van der Waals surface area contributed by atoms with Crippen LogP contribution < -0.4 is 5.32 Å². The van der Waals surface area contributed by atoms with E-state index in [1.165, 1.54) is 17.5 Å². The molecule has 1 atom stereocenters. The highest BCUT2D eigenvalue weighted by atomic mass is 16.3. The second-order valence-electron chi connectivity index (χ2n) is 5.15. The Morgan fingerprint density at radius 2 is 2.10 bits per heavy atom. The topological polar surface area (TPSA) is 51.0 Å². The molecule has 1 N–H and O–H groups in total. The second kappa shape index (κ2) is 4.63. The monoisotopic (exact) mass is 265 g/mol. The van der Waals surface area contributed by atoms with E-state index in [0.717, 1.165) is 29.8 Å². The first-order valence-corrected chi connectivity index (χ1v) is 6.94. The summed E-state index contributed by atoms with van der Waals surface area (Å²) >= 11 is 0. The van der Waals surface area contributed by atoms with E-state index in [1.54, 1.807) is 12.6 Å². The molecule has 3 aromatic rings. The van der Waals surface area contributed by atoms with E-state index in [-0.39, 0.29) is 0 Å². The largest absolute Gasteiger partial charge is 0.459 e. The smallest absolute Gasteiger partial charge is 0.194 e. The van der Waals surface area contributed by atoms with Crippen LogP contribution in [0.5, 0.6) is 0 Å². The van der Waals surface area contributed by atoms with Gasteiger partial charge in [0.15, 0.2) is 11.4 Å². The van der Waals surface area contributed by atoms with Crippen molar-refractivity contribution < 1.29 is 4.42 Å². The van der Waals surface area contributed by atoms with E-state index in [1.807, 2.05) is 6.07 Å². The van der Waals surface area contributed by atoms with Gasteiger partial charge in [0.25, 0.3) is 0 Å². The number of furan rings is 1.